The molecule has 0 spiro atoms. The van der Waals surface area contributed by atoms with Crippen molar-refractivity contribution < 1.29 is 9.84 Å². The molecule has 88 valence electrons. The van der Waals surface area contributed by atoms with Crippen LogP contribution in [0, 0.1) is 0 Å². The number of para-hydroxylation sites is 1. The molecule has 0 saturated heterocycles. The predicted molar refractivity (Wildman–Crippen MR) is 63.6 cm³/mol. The molecule has 2 rings (SSSR count). The average Bonchev–Trinajstić information content (AvgIpc) is 2.33. The van der Waals surface area contributed by atoms with Crippen LogP contribution in [0.5, 0.6) is 5.75 Å². The number of aliphatic hydroxyl groups is 1. The predicted octanol–water partition coefficient (Wildman–Crippen LogP) is 1.57. The second-order valence-electron chi connectivity index (χ2n) is 4.29. The van der Waals surface area contributed by atoms with Crippen molar-refractivity contribution in [2.24, 2.45) is 0 Å². The van der Waals surface area contributed by atoms with Crippen molar-refractivity contribution in [3.05, 3.63) is 30.3 Å². The van der Waals surface area contributed by atoms with Gasteiger partial charge in [0.25, 0.3) is 0 Å². The number of likely N-dealkylation sites (N-methyl/N-ethyl adjacent to an activating group) is 1. The molecule has 0 aromatic heterocycles. The Labute approximate surface area is 96.4 Å². The maximum Gasteiger partial charge on any atom is 0.126 e. The maximum atomic E-state index is 10.1. The van der Waals surface area contributed by atoms with Crippen LogP contribution in [-0.2, 0) is 0 Å². The number of rotatable bonds is 3. The monoisotopic (exact) mass is 221 g/mol. The van der Waals surface area contributed by atoms with Crippen molar-refractivity contribution in [2.75, 3.05) is 7.05 Å². The van der Waals surface area contributed by atoms with E-state index in [1.165, 1.54) is 0 Å². The van der Waals surface area contributed by atoms with E-state index in [-0.39, 0.29) is 12.1 Å². The van der Waals surface area contributed by atoms with E-state index in [2.05, 4.69) is 5.32 Å². The summed E-state index contributed by atoms with van der Waals surface area (Å²) < 4.78 is 5.81. The van der Waals surface area contributed by atoms with Crippen LogP contribution in [0.25, 0.3) is 0 Å². The molecule has 2 N–H and O–H groups in total. The van der Waals surface area contributed by atoms with E-state index in [4.69, 9.17) is 4.74 Å². The van der Waals surface area contributed by atoms with E-state index in [0.717, 1.165) is 25.0 Å². The Kier molecular flexibility index (Phi) is 3.80. The van der Waals surface area contributed by atoms with Gasteiger partial charge in [-0.25, -0.2) is 0 Å². The first kappa shape index (κ1) is 11.4. The minimum atomic E-state index is -0.418. The molecule has 0 radical (unpaired) electrons. The highest BCUT2D eigenvalue weighted by atomic mass is 16.5. The third kappa shape index (κ3) is 2.54. The summed E-state index contributed by atoms with van der Waals surface area (Å²) in [6, 6.07) is 9.86. The van der Waals surface area contributed by atoms with Crippen LogP contribution in [-0.4, -0.2) is 30.4 Å². The van der Waals surface area contributed by atoms with Gasteiger partial charge >= 0.3 is 0 Å². The van der Waals surface area contributed by atoms with Gasteiger partial charge in [0.15, 0.2) is 0 Å². The topological polar surface area (TPSA) is 41.5 Å². The summed E-state index contributed by atoms with van der Waals surface area (Å²) >= 11 is 0. The van der Waals surface area contributed by atoms with E-state index in [9.17, 15) is 5.11 Å². The summed E-state index contributed by atoms with van der Waals surface area (Å²) in [7, 11) is 1.89. The molecule has 1 saturated carbocycles. The molecular formula is C13H19NO2. The van der Waals surface area contributed by atoms with E-state index in [1.807, 2.05) is 37.4 Å². The lowest BCUT2D eigenvalue weighted by Crippen LogP contribution is -2.50. The van der Waals surface area contributed by atoms with Gasteiger partial charge in [-0.1, -0.05) is 18.2 Å². The highest BCUT2D eigenvalue weighted by Gasteiger charge is 2.32. The molecule has 0 heterocycles. The van der Waals surface area contributed by atoms with Gasteiger partial charge in [0.05, 0.1) is 0 Å². The number of hydrogen-bond acceptors (Lipinski definition) is 3. The van der Waals surface area contributed by atoms with Crippen LogP contribution in [0.1, 0.15) is 19.3 Å². The Hall–Kier alpha value is -1.06. The second-order valence-corrected chi connectivity index (χ2v) is 4.29. The van der Waals surface area contributed by atoms with Crippen molar-refractivity contribution in [2.45, 2.75) is 37.5 Å². The van der Waals surface area contributed by atoms with Gasteiger partial charge < -0.3 is 15.2 Å². The Bertz CT molecular complexity index is 315. The van der Waals surface area contributed by atoms with E-state index >= 15 is 0 Å². The molecule has 3 atom stereocenters. The van der Waals surface area contributed by atoms with Crippen molar-refractivity contribution in [3.8, 4) is 5.75 Å². The zero-order valence-electron chi connectivity index (χ0n) is 9.60. The summed E-state index contributed by atoms with van der Waals surface area (Å²) in [4.78, 5) is 0. The fourth-order valence-electron chi connectivity index (χ4n) is 2.26. The average molecular weight is 221 g/mol. The molecule has 0 unspecified atom stereocenters. The zero-order valence-corrected chi connectivity index (χ0v) is 9.60. The van der Waals surface area contributed by atoms with Crippen LogP contribution in [0.4, 0.5) is 0 Å². The van der Waals surface area contributed by atoms with Gasteiger partial charge in [-0.2, -0.15) is 0 Å². The van der Waals surface area contributed by atoms with Crippen LogP contribution in [0.15, 0.2) is 30.3 Å². The van der Waals surface area contributed by atoms with Gasteiger partial charge in [0.2, 0.25) is 0 Å². The minimum Gasteiger partial charge on any atom is -0.488 e. The van der Waals surface area contributed by atoms with Crippen LogP contribution in [0.2, 0.25) is 0 Å². The smallest absolute Gasteiger partial charge is 0.126 e. The van der Waals surface area contributed by atoms with Gasteiger partial charge in [0.1, 0.15) is 18.0 Å². The van der Waals surface area contributed by atoms with Crippen LogP contribution in [0.3, 0.4) is 0 Å². The molecule has 1 aromatic carbocycles. The standard InChI is InChI=1S/C13H19NO2/c1-14-11-8-5-9-12(13(11)15)16-10-6-3-2-4-7-10/h2-4,6-7,11-15H,5,8-9H2,1H3/t11-,12-,13-/m1/s1. The van der Waals surface area contributed by atoms with Crippen molar-refractivity contribution in [3.63, 3.8) is 0 Å². The molecule has 16 heavy (non-hydrogen) atoms. The summed E-state index contributed by atoms with van der Waals surface area (Å²) in [5, 5.41) is 13.2. The number of aliphatic hydroxyl groups excluding tert-OH is 1. The Morgan fingerprint density at radius 3 is 2.69 bits per heavy atom. The first-order chi connectivity index (χ1) is 7.81. The van der Waals surface area contributed by atoms with Crippen molar-refractivity contribution in [1.82, 2.24) is 5.32 Å². The number of ether oxygens (including phenoxy) is 1. The van der Waals surface area contributed by atoms with Gasteiger partial charge in [-0.05, 0) is 38.4 Å². The molecule has 3 heteroatoms. The summed E-state index contributed by atoms with van der Waals surface area (Å²) in [5.74, 6) is 0.836. The number of benzene rings is 1. The normalized spacial score (nSPS) is 30.0. The molecule has 0 bridgehead atoms. The third-order valence-corrected chi connectivity index (χ3v) is 3.20. The molecule has 1 fully saturated rings. The second kappa shape index (κ2) is 5.32. The molecule has 3 nitrogen and oxygen atoms in total. The minimum absolute atomic E-state index is 0.0893. The lowest BCUT2D eigenvalue weighted by atomic mass is 9.90. The zero-order chi connectivity index (χ0) is 11.4. The molecule has 1 aromatic rings. The maximum absolute atomic E-state index is 10.1. The Balaban J connectivity index is 1.99. The van der Waals surface area contributed by atoms with E-state index in [0.29, 0.717) is 0 Å². The van der Waals surface area contributed by atoms with Gasteiger partial charge in [-0.3, -0.25) is 0 Å². The first-order valence-corrected chi connectivity index (χ1v) is 5.88. The van der Waals surface area contributed by atoms with Gasteiger partial charge in [-0.15, -0.1) is 0 Å². The highest BCUT2D eigenvalue weighted by Crippen LogP contribution is 2.23. The molecule has 0 aliphatic heterocycles. The van der Waals surface area contributed by atoms with Gasteiger partial charge in [0, 0.05) is 6.04 Å². The largest absolute Gasteiger partial charge is 0.488 e. The SMILES string of the molecule is CN[C@@H]1CCC[C@@H](Oc2ccccc2)[C@@H]1O. The Morgan fingerprint density at radius 1 is 1.25 bits per heavy atom. The molecule has 1 aliphatic carbocycles. The van der Waals surface area contributed by atoms with E-state index < -0.39 is 6.10 Å². The fraction of sp³-hybridized carbons (Fsp3) is 0.538. The molecule has 0 amide bonds. The van der Waals surface area contributed by atoms with Crippen LogP contribution < -0.4 is 10.1 Å². The van der Waals surface area contributed by atoms with Crippen molar-refractivity contribution >= 4 is 0 Å². The third-order valence-electron chi connectivity index (χ3n) is 3.20. The first-order valence-electron chi connectivity index (χ1n) is 5.88. The fourth-order valence-corrected chi connectivity index (χ4v) is 2.26. The molecular weight excluding hydrogens is 202 g/mol. The summed E-state index contributed by atoms with van der Waals surface area (Å²) in [6.07, 6.45) is 2.54. The quantitative estimate of drug-likeness (QED) is 0.814. The van der Waals surface area contributed by atoms with E-state index in [1.54, 1.807) is 0 Å². The number of hydrogen-bond donors (Lipinski definition) is 2. The summed E-state index contributed by atoms with van der Waals surface area (Å²) in [5.41, 5.74) is 0. The summed E-state index contributed by atoms with van der Waals surface area (Å²) in [6.45, 7) is 0. The van der Waals surface area contributed by atoms with Crippen molar-refractivity contribution in [1.29, 1.82) is 0 Å². The van der Waals surface area contributed by atoms with Crippen LogP contribution >= 0.6 is 0 Å². The lowest BCUT2D eigenvalue weighted by molar-refractivity contribution is -0.0134. The molecule has 1 aliphatic rings. The Morgan fingerprint density at radius 2 is 2.00 bits per heavy atom. The highest BCUT2D eigenvalue weighted by molar-refractivity contribution is 5.21. The lowest BCUT2D eigenvalue weighted by Gasteiger charge is -2.34. The number of nitrogens with one attached hydrogen (secondary N) is 1.